The van der Waals surface area contributed by atoms with Crippen molar-refractivity contribution < 1.29 is 19.1 Å². The van der Waals surface area contributed by atoms with Crippen molar-refractivity contribution in [2.45, 2.75) is 38.2 Å². The van der Waals surface area contributed by atoms with E-state index in [0.717, 1.165) is 40.1 Å². The molecule has 0 radical (unpaired) electrons. The van der Waals surface area contributed by atoms with E-state index in [9.17, 15) is 9.59 Å². The molecular formula is C20H21NO4S2. The molecule has 0 saturated heterocycles. The first-order chi connectivity index (χ1) is 13.2. The number of carbonyl (C=O) groups excluding carboxylic acids is 2. The largest absolute Gasteiger partial charge is 0.469 e. The number of hydrogen-bond acceptors (Lipinski definition) is 6. The van der Waals surface area contributed by atoms with Gasteiger partial charge in [0.15, 0.2) is 0 Å². The average molecular weight is 404 g/mol. The van der Waals surface area contributed by atoms with Gasteiger partial charge in [0.25, 0.3) is 0 Å². The zero-order valence-corrected chi connectivity index (χ0v) is 16.7. The zero-order valence-electron chi connectivity index (χ0n) is 15.1. The number of nitrogens with one attached hydrogen (secondary N) is 1. The summed E-state index contributed by atoms with van der Waals surface area (Å²) in [6.45, 7) is 0.521. The number of esters is 1. The molecule has 1 atom stereocenters. The minimum absolute atomic E-state index is 0.200. The van der Waals surface area contributed by atoms with Crippen molar-refractivity contribution in [3.8, 4) is 11.8 Å². The van der Waals surface area contributed by atoms with Gasteiger partial charge in [0.1, 0.15) is 6.10 Å². The summed E-state index contributed by atoms with van der Waals surface area (Å²) in [4.78, 5) is 25.3. The van der Waals surface area contributed by atoms with Crippen LogP contribution in [0.4, 0.5) is 4.79 Å². The molecule has 7 heteroatoms. The fourth-order valence-corrected chi connectivity index (χ4v) is 4.49. The van der Waals surface area contributed by atoms with Crippen molar-refractivity contribution in [2.24, 2.45) is 0 Å². The van der Waals surface area contributed by atoms with Crippen LogP contribution in [0.15, 0.2) is 22.9 Å². The van der Waals surface area contributed by atoms with E-state index in [1.807, 2.05) is 22.9 Å². The Kier molecular flexibility index (Phi) is 6.91. The van der Waals surface area contributed by atoms with Crippen LogP contribution in [0, 0.1) is 11.8 Å². The Bertz CT molecular complexity index is 859. The minimum atomic E-state index is -0.419. The van der Waals surface area contributed by atoms with Gasteiger partial charge in [-0.15, -0.1) is 22.7 Å². The Morgan fingerprint density at radius 1 is 1.19 bits per heavy atom. The van der Waals surface area contributed by atoms with Crippen LogP contribution in [0.5, 0.6) is 0 Å². The van der Waals surface area contributed by atoms with E-state index < -0.39 is 6.09 Å². The molecule has 2 heterocycles. The lowest BCUT2D eigenvalue weighted by molar-refractivity contribution is -0.140. The quantitative estimate of drug-likeness (QED) is 0.426. The molecule has 2 aromatic heterocycles. The summed E-state index contributed by atoms with van der Waals surface area (Å²) in [5.74, 6) is 6.21. The van der Waals surface area contributed by atoms with E-state index in [1.165, 1.54) is 7.11 Å². The molecule has 27 heavy (non-hydrogen) atoms. The first-order valence-electron chi connectivity index (χ1n) is 8.84. The molecule has 5 nitrogen and oxygen atoms in total. The van der Waals surface area contributed by atoms with Crippen LogP contribution >= 0.6 is 22.7 Å². The molecule has 0 bridgehead atoms. The van der Waals surface area contributed by atoms with Crippen LogP contribution in [0.25, 0.3) is 0 Å². The third-order valence-electron chi connectivity index (χ3n) is 4.25. The first-order valence-corrected chi connectivity index (χ1v) is 10.6. The summed E-state index contributed by atoms with van der Waals surface area (Å²) in [5, 5.41) is 6.80. The van der Waals surface area contributed by atoms with Gasteiger partial charge in [-0.05, 0) is 41.3 Å². The summed E-state index contributed by atoms with van der Waals surface area (Å²) in [7, 11) is 1.39. The van der Waals surface area contributed by atoms with Crippen LogP contribution in [0.1, 0.15) is 52.7 Å². The molecule has 0 aliphatic heterocycles. The number of carbonyl (C=O) groups is 2. The predicted octanol–water partition coefficient (Wildman–Crippen LogP) is 4.27. The highest BCUT2D eigenvalue weighted by Crippen LogP contribution is 2.33. The highest BCUT2D eigenvalue weighted by Gasteiger charge is 2.24. The number of unbranched alkanes of at least 4 members (excludes halogenated alkanes) is 2. The van der Waals surface area contributed by atoms with Crippen LogP contribution in [-0.2, 0) is 20.7 Å². The summed E-state index contributed by atoms with van der Waals surface area (Å²) >= 11 is 3.18. The van der Waals surface area contributed by atoms with Gasteiger partial charge in [0.2, 0.25) is 0 Å². The molecule has 0 spiro atoms. The van der Waals surface area contributed by atoms with Crippen molar-refractivity contribution in [1.82, 2.24) is 5.32 Å². The summed E-state index contributed by atoms with van der Waals surface area (Å²) in [5.41, 5.74) is 2.05. The molecular weight excluding hydrogens is 382 g/mol. The fraction of sp³-hybridized carbons (Fsp3) is 0.400. The van der Waals surface area contributed by atoms with Gasteiger partial charge in [0.05, 0.1) is 16.9 Å². The number of rotatable bonds is 7. The Hall–Kier alpha value is -2.30. The third kappa shape index (κ3) is 5.34. The minimum Gasteiger partial charge on any atom is -0.469 e. The maximum absolute atomic E-state index is 12.2. The molecule has 0 saturated carbocycles. The van der Waals surface area contributed by atoms with Gasteiger partial charge < -0.3 is 14.8 Å². The lowest BCUT2D eigenvalue weighted by Crippen LogP contribution is -2.27. The monoisotopic (exact) mass is 403 g/mol. The Morgan fingerprint density at radius 2 is 2.04 bits per heavy atom. The second-order valence-corrected chi connectivity index (χ2v) is 8.00. The number of methoxy groups -OCH3 is 1. The van der Waals surface area contributed by atoms with Gasteiger partial charge in [-0.2, -0.15) is 0 Å². The number of fused-ring (bicyclic) bond motifs is 2. The second kappa shape index (κ2) is 9.58. The summed E-state index contributed by atoms with van der Waals surface area (Å²) in [6, 6.07) is 4.02. The van der Waals surface area contributed by atoms with E-state index in [2.05, 4.69) is 21.9 Å². The van der Waals surface area contributed by atoms with Crippen LogP contribution in [0.3, 0.4) is 0 Å². The Morgan fingerprint density at radius 3 is 2.89 bits per heavy atom. The fourth-order valence-electron chi connectivity index (χ4n) is 2.83. The van der Waals surface area contributed by atoms with E-state index in [0.29, 0.717) is 19.4 Å². The summed E-state index contributed by atoms with van der Waals surface area (Å²) in [6.07, 6.45) is 2.69. The number of hydrogen-bond donors (Lipinski definition) is 1. The molecule has 1 unspecified atom stereocenters. The Labute approximate surface area is 166 Å². The number of alkyl carbamates (subject to hydrolysis) is 1. The predicted molar refractivity (Wildman–Crippen MR) is 106 cm³/mol. The molecule has 1 N–H and O–H groups in total. The number of ether oxygens (including phenoxy) is 2. The number of thiophene rings is 2. The van der Waals surface area contributed by atoms with Crippen LogP contribution in [-0.4, -0.2) is 25.7 Å². The van der Waals surface area contributed by atoms with Gasteiger partial charge in [-0.1, -0.05) is 18.3 Å². The Balaban J connectivity index is 1.51. The van der Waals surface area contributed by atoms with Crippen molar-refractivity contribution in [2.75, 3.05) is 13.7 Å². The smallest absolute Gasteiger partial charge is 0.407 e. The molecule has 142 valence electrons. The van der Waals surface area contributed by atoms with Crippen LogP contribution < -0.4 is 5.32 Å². The normalized spacial score (nSPS) is 14.6. The second-order valence-electron chi connectivity index (χ2n) is 6.14. The molecule has 1 amide bonds. The average Bonchev–Trinajstić information content (AvgIpc) is 3.29. The number of amides is 1. The lowest BCUT2D eigenvalue weighted by atomic mass is 10.0. The zero-order chi connectivity index (χ0) is 19.1. The van der Waals surface area contributed by atoms with Crippen molar-refractivity contribution in [3.05, 3.63) is 43.8 Å². The highest BCUT2D eigenvalue weighted by atomic mass is 32.1. The molecule has 3 rings (SSSR count). The molecule has 2 aromatic rings. The highest BCUT2D eigenvalue weighted by molar-refractivity contribution is 7.11. The maximum atomic E-state index is 12.2. The van der Waals surface area contributed by atoms with E-state index in [4.69, 9.17) is 4.74 Å². The molecule has 1 aliphatic carbocycles. The van der Waals surface area contributed by atoms with Crippen LogP contribution in [0.2, 0.25) is 0 Å². The van der Waals surface area contributed by atoms with Crippen molar-refractivity contribution in [1.29, 1.82) is 0 Å². The van der Waals surface area contributed by atoms with Gasteiger partial charge in [0, 0.05) is 24.9 Å². The molecule has 0 fully saturated rings. The lowest BCUT2D eigenvalue weighted by Gasteiger charge is -2.18. The van der Waals surface area contributed by atoms with Gasteiger partial charge >= 0.3 is 12.1 Å². The first kappa shape index (κ1) is 19.5. The van der Waals surface area contributed by atoms with E-state index in [-0.39, 0.29) is 12.1 Å². The van der Waals surface area contributed by atoms with E-state index in [1.54, 1.807) is 22.7 Å². The third-order valence-corrected chi connectivity index (χ3v) is 6.14. The van der Waals surface area contributed by atoms with Crippen molar-refractivity contribution in [3.63, 3.8) is 0 Å². The SMILES string of the molecule is COC(=O)CCCCCNC(=O)OC1Cc2ccsc2C#Cc2ccsc21. The van der Waals surface area contributed by atoms with E-state index >= 15 is 0 Å². The van der Waals surface area contributed by atoms with Gasteiger partial charge in [-0.3, -0.25) is 4.79 Å². The maximum Gasteiger partial charge on any atom is 0.407 e. The van der Waals surface area contributed by atoms with Gasteiger partial charge in [-0.25, -0.2) is 4.79 Å². The molecule has 0 aromatic carbocycles. The molecule has 1 aliphatic rings. The topological polar surface area (TPSA) is 64.6 Å². The standard InChI is InChI=1S/C20H21NO4S2/c1-24-18(22)5-3-2-4-10-21-20(23)25-16-13-15-9-11-26-17(15)7-6-14-8-12-27-19(14)16/h8-9,11-12,16H,2-5,10,13H2,1H3,(H,21,23). The summed E-state index contributed by atoms with van der Waals surface area (Å²) < 4.78 is 10.3. The van der Waals surface area contributed by atoms with Crippen molar-refractivity contribution >= 4 is 34.7 Å².